The van der Waals surface area contributed by atoms with Crippen molar-refractivity contribution in [1.82, 2.24) is 5.32 Å². The third-order valence-corrected chi connectivity index (χ3v) is 5.46. The van der Waals surface area contributed by atoms with Crippen LogP contribution in [0.5, 0.6) is 0 Å². The lowest BCUT2D eigenvalue weighted by molar-refractivity contribution is -0.121. The predicted molar refractivity (Wildman–Crippen MR) is 86.6 cm³/mol. The van der Waals surface area contributed by atoms with Crippen LogP contribution in [0.4, 0.5) is 0 Å². The van der Waals surface area contributed by atoms with Gasteiger partial charge in [-0.05, 0) is 56.2 Å². The van der Waals surface area contributed by atoms with Crippen molar-refractivity contribution in [1.29, 1.82) is 0 Å². The molecule has 1 aromatic rings. The Kier molecular flexibility index (Phi) is 3.81. The molecule has 1 saturated heterocycles. The molecule has 0 bridgehead atoms. The minimum atomic E-state index is 0.0682. The maximum atomic E-state index is 12.6. The minimum Gasteiger partial charge on any atom is -0.350 e. The second kappa shape index (κ2) is 5.47. The average Bonchev–Trinajstić information content (AvgIpc) is 2.74. The molecule has 1 heterocycles. The van der Waals surface area contributed by atoms with Gasteiger partial charge in [0.05, 0.1) is 5.92 Å². The van der Waals surface area contributed by atoms with Crippen LogP contribution in [0.1, 0.15) is 73.6 Å². The molecular weight excluding hydrogens is 258 g/mol. The fraction of sp³-hybridized carbons (Fsp3) is 0.632. The largest absolute Gasteiger partial charge is 0.350 e. The molecule has 3 rings (SSSR count). The van der Waals surface area contributed by atoms with Gasteiger partial charge in [-0.15, -0.1) is 0 Å². The SMILES string of the molecule is CCc1cc(C)cc(C)c1C1CC2(CCCCC2)NC1=O. The highest BCUT2D eigenvalue weighted by atomic mass is 16.2. The van der Waals surface area contributed by atoms with Crippen molar-refractivity contribution in [2.75, 3.05) is 0 Å². The maximum Gasteiger partial charge on any atom is 0.228 e. The Morgan fingerprint density at radius 1 is 1.19 bits per heavy atom. The number of amides is 1. The smallest absolute Gasteiger partial charge is 0.228 e. The topological polar surface area (TPSA) is 29.1 Å². The second-order valence-electron chi connectivity index (χ2n) is 7.10. The van der Waals surface area contributed by atoms with Gasteiger partial charge < -0.3 is 5.32 Å². The van der Waals surface area contributed by atoms with E-state index in [0.29, 0.717) is 0 Å². The fourth-order valence-electron chi connectivity index (χ4n) is 4.53. The molecule has 0 radical (unpaired) electrons. The zero-order valence-corrected chi connectivity index (χ0v) is 13.6. The summed E-state index contributed by atoms with van der Waals surface area (Å²) < 4.78 is 0. The Hall–Kier alpha value is -1.31. The van der Waals surface area contributed by atoms with Gasteiger partial charge in [0.2, 0.25) is 5.91 Å². The van der Waals surface area contributed by atoms with E-state index >= 15 is 0 Å². The number of aryl methyl sites for hydroxylation is 3. The second-order valence-corrected chi connectivity index (χ2v) is 7.10. The highest BCUT2D eigenvalue weighted by Crippen LogP contribution is 2.43. The number of hydrogen-bond acceptors (Lipinski definition) is 1. The van der Waals surface area contributed by atoms with Gasteiger partial charge in [-0.25, -0.2) is 0 Å². The van der Waals surface area contributed by atoms with Gasteiger partial charge in [0, 0.05) is 5.54 Å². The van der Waals surface area contributed by atoms with Crippen molar-refractivity contribution < 1.29 is 4.79 Å². The maximum absolute atomic E-state index is 12.6. The molecule has 1 amide bonds. The first-order chi connectivity index (χ1) is 10.0. The van der Waals surface area contributed by atoms with E-state index < -0.39 is 0 Å². The summed E-state index contributed by atoms with van der Waals surface area (Å²) in [6.45, 7) is 6.51. The standard InChI is InChI=1S/C19H27NO/c1-4-15-11-13(2)10-14(3)17(15)16-12-19(20-18(16)21)8-6-5-7-9-19/h10-11,16H,4-9,12H2,1-3H3,(H,20,21). The Morgan fingerprint density at radius 3 is 2.57 bits per heavy atom. The molecule has 1 atom stereocenters. The van der Waals surface area contributed by atoms with E-state index in [-0.39, 0.29) is 17.4 Å². The quantitative estimate of drug-likeness (QED) is 0.868. The molecule has 1 N–H and O–H groups in total. The number of carbonyl (C=O) groups is 1. The molecule has 114 valence electrons. The van der Waals surface area contributed by atoms with Crippen molar-refractivity contribution in [2.24, 2.45) is 0 Å². The lowest BCUT2D eigenvalue weighted by Crippen LogP contribution is -2.42. The molecular formula is C19H27NO. The summed E-state index contributed by atoms with van der Waals surface area (Å²) in [5.41, 5.74) is 5.37. The Bertz CT molecular complexity index is 555. The molecule has 2 nitrogen and oxygen atoms in total. The van der Waals surface area contributed by atoms with E-state index in [9.17, 15) is 4.79 Å². The Balaban J connectivity index is 1.96. The van der Waals surface area contributed by atoms with E-state index in [1.165, 1.54) is 54.4 Å². The average molecular weight is 285 g/mol. The van der Waals surface area contributed by atoms with Crippen LogP contribution in [0.2, 0.25) is 0 Å². The Morgan fingerprint density at radius 2 is 1.90 bits per heavy atom. The zero-order valence-electron chi connectivity index (χ0n) is 13.6. The van der Waals surface area contributed by atoms with Crippen LogP contribution in [0.25, 0.3) is 0 Å². The molecule has 1 saturated carbocycles. The van der Waals surface area contributed by atoms with Crippen LogP contribution < -0.4 is 5.32 Å². The fourth-order valence-corrected chi connectivity index (χ4v) is 4.53. The summed E-state index contributed by atoms with van der Waals surface area (Å²) in [6, 6.07) is 4.50. The predicted octanol–water partition coefficient (Wildman–Crippen LogP) is 4.17. The molecule has 1 aromatic carbocycles. The molecule has 2 aliphatic rings. The van der Waals surface area contributed by atoms with Crippen molar-refractivity contribution in [3.63, 3.8) is 0 Å². The summed E-state index contributed by atoms with van der Waals surface area (Å²) >= 11 is 0. The lowest BCUT2D eigenvalue weighted by atomic mass is 9.76. The number of hydrogen-bond donors (Lipinski definition) is 1. The van der Waals surface area contributed by atoms with E-state index in [2.05, 4.69) is 38.2 Å². The summed E-state index contributed by atoms with van der Waals surface area (Å²) in [5, 5.41) is 3.37. The van der Waals surface area contributed by atoms with E-state index in [1.807, 2.05) is 0 Å². The van der Waals surface area contributed by atoms with Crippen molar-refractivity contribution in [2.45, 2.75) is 77.2 Å². The van der Waals surface area contributed by atoms with Crippen molar-refractivity contribution in [3.05, 3.63) is 34.4 Å². The van der Waals surface area contributed by atoms with E-state index in [4.69, 9.17) is 0 Å². The zero-order chi connectivity index (χ0) is 15.0. The Labute approximate surface area is 128 Å². The van der Waals surface area contributed by atoms with Crippen LogP contribution in [0.15, 0.2) is 12.1 Å². The van der Waals surface area contributed by atoms with Gasteiger partial charge in [-0.2, -0.15) is 0 Å². The number of rotatable bonds is 2. The normalized spacial score (nSPS) is 24.3. The van der Waals surface area contributed by atoms with Crippen LogP contribution >= 0.6 is 0 Å². The van der Waals surface area contributed by atoms with Gasteiger partial charge >= 0.3 is 0 Å². The van der Waals surface area contributed by atoms with E-state index in [1.54, 1.807) is 0 Å². The number of benzene rings is 1. The lowest BCUT2D eigenvalue weighted by Gasteiger charge is -2.33. The molecule has 1 aliphatic heterocycles. The summed E-state index contributed by atoms with van der Waals surface area (Å²) in [6.07, 6.45) is 8.20. The third kappa shape index (κ3) is 2.61. The van der Waals surface area contributed by atoms with Gasteiger partial charge in [0.15, 0.2) is 0 Å². The van der Waals surface area contributed by atoms with Gasteiger partial charge in [-0.1, -0.05) is 43.9 Å². The first-order valence-electron chi connectivity index (χ1n) is 8.47. The highest BCUT2D eigenvalue weighted by molar-refractivity contribution is 5.88. The third-order valence-electron chi connectivity index (χ3n) is 5.46. The van der Waals surface area contributed by atoms with Crippen molar-refractivity contribution in [3.8, 4) is 0 Å². The first-order valence-corrected chi connectivity index (χ1v) is 8.47. The van der Waals surface area contributed by atoms with Gasteiger partial charge in [0.25, 0.3) is 0 Å². The van der Waals surface area contributed by atoms with Crippen LogP contribution in [-0.4, -0.2) is 11.4 Å². The van der Waals surface area contributed by atoms with Crippen molar-refractivity contribution >= 4 is 5.91 Å². The molecule has 1 unspecified atom stereocenters. The monoisotopic (exact) mass is 285 g/mol. The molecule has 2 heteroatoms. The summed E-state index contributed by atoms with van der Waals surface area (Å²) in [5.74, 6) is 0.331. The minimum absolute atomic E-state index is 0.0682. The molecule has 21 heavy (non-hydrogen) atoms. The van der Waals surface area contributed by atoms with Gasteiger partial charge in [-0.3, -0.25) is 4.79 Å². The van der Waals surface area contributed by atoms with Crippen LogP contribution in [0, 0.1) is 13.8 Å². The number of carbonyl (C=O) groups excluding carboxylic acids is 1. The summed E-state index contributed by atoms with van der Waals surface area (Å²) in [4.78, 5) is 12.6. The molecule has 0 aromatic heterocycles. The van der Waals surface area contributed by atoms with Crippen LogP contribution in [-0.2, 0) is 11.2 Å². The van der Waals surface area contributed by atoms with Gasteiger partial charge in [0.1, 0.15) is 0 Å². The molecule has 1 spiro atoms. The summed E-state index contributed by atoms with van der Waals surface area (Å²) in [7, 11) is 0. The molecule has 2 fully saturated rings. The first kappa shape index (κ1) is 14.6. The molecule has 1 aliphatic carbocycles. The highest BCUT2D eigenvalue weighted by Gasteiger charge is 2.45. The van der Waals surface area contributed by atoms with Crippen LogP contribution in [0.3, 0.4) is 0 Å². The number of nitrogens with one attached hydrogen (secondary N) is 1. The van der Waals surface area contributed by atoms with E-state index in [0.717, 1.165) is 12.8 Å².